The number of hydrogen-bond acceptors (Lipinski definition) is 3. The molecular weight excluding hydrogens is 244 g/mol. The number of methoxy groups -OCH3 is 1. The number of ether oxygens (including phenoxy) is 1. The Balaban J connectivity index is 2.35. The predicted octanol–water partition coefficient (Wildman–Crippen LogP) is 0.321. The number of rotatable bonds is 4. The van der Waals surface area contributed by atoms with Crippen LogP contribution in [0, 0.1) is 0 Å². The number of carbonyl (C=O) groups is 2. The van der Waals surface area contributed by atoms with E-state index in [0.29, 0.717) is 39.2 Å². The molecular formula is C11H19ClN2O3. The molecule has 0 aromatic heterocycles. The monoisotopic (exact) mass is 262 g/mol. The number of carbonyl (C=O) groups excluding carboxylic acids is 2. The van der Waals surface area contributed by atoms with Crippen molar-refractivity contribution in [2.45, 2.75) is 18.7 Å². The van der Waals surface area contributed by atoms with Crippen LogP contribution in [0.2, 0.25) is 0 Å². The van der Waals surface area contributed by atoms with Gasteiger partial charge in [-0.3, -0.25) is 9.59 Å². The Bertz CT molecular complexity index is 276. The number of halogens is 1. The Kier molecular flexibility index (Phi) is 5.71. The van der Waals surface area contributed by atoms with Crippen LogP contribution in [0.4, 0.5) is 0 Å². The number of piperazine rings is 1. The standard InChI is InChI=1S/C11H19ClN2O3/c1-9(12)11(16)14-6-4-13(5-7-14)10(15)3-8-17-2/h9H,3-8H2,1-2H3. The first kappa shape index (κ1) is 14.3. The molecule has 0 aromatic carbocycles. The van der Waals surface area contributed by atoms with Crippen molar-refractivity contribution in [3.05, 3.63) is 0 Å². The van der Waals surface area contributed by atoms with Crippen LogP contribution in [0.25, 0.3) is 0 Å². The van der Waals surface area contributed by atoms with Crippen LogP contribution in [-0.2, 0) is 14.3 Å². The van der Waals surface area contributed by atoms with Gasteiger partial charge in [0, 0.05) is 33.3 Å². The third-order valence-electron chi connectivity index (χ3n) is 2.80. The van der Waals surface area contributed by atoms with Crippen molar-refractivity contribution in [1.29, 1.82) is 0 Å². The number of alkyl halides is 1. The van der Waals surface area contributed by atoms with Gasteiger partial charge in [0.2, 0.25) is 11.8 Å². The fourth-order valence-corrected chi connectivity index (χ4v) is 1.91. The van der Waals surface area contributed by atoms with Gasteiger partial charge in [-0.15, -0.1) is 11.6 Å². The van der Waals surface area contributed by atoms with Crippen LogP contribution < -0.4 is 0 Å². The summed E-state index contributed by atoms with van der Waals surface area (Å²) < 4.78 is 4.86. The first-order valence-corrected chi connectivity index (χ1v) is 6.19. The molecule has 98 valence electrons. The number of nitrogens with zero attached hydrogens (tertiary/aromatic N) is 2. The van der Waals surface area contributed by atoms with E-state index >= 15 is 0 Å². The molecule has 1 heterocycles. The maximum absolute atomic E-state index is 11.7. The molecule has 5 nitrogen and oxygen atoms in total. The zero-order chi connectivity index (χ0) is 12.8. The van der Waals surface area contributed by atoms with E-state index in [1.54, 1.807) is 23.8 Å². The Morgan fingerprint density at radius 2 is 1.76 bits per heavy atom. The smallest absolute Gasteiger partial charge is 0.240 e. The van der Waals surface area contributed by atoms with Crippen LogP contribution in [0.3, 0.4) is 0 Å². The number of amides is 2. The highest BCUT2D eigenvalue weighted by Gasteiger charge is 2.25. The summed E-state index contributed by atoms with van der Waals surface area (Å²) in [5.74, 6) is 0.0218. The fourth-order valence-electron chi connectivity index (χ4n) is 1.78. The second-order valence-electron chi connectivity index (χ2n) is 4.06. The molecule has 0 aliphatic carbocycles. The fraction of sp³-hybridized carbons (Fsp3) is 0.818. The highest BCUT2D eigenvalue weighted by atomic mass is 35.5. The van der Waals surface area contributed by atoms with Crippen molar-refractivity contribution in [2.75, 3.05) is 39.9 Å². The molecule has 1 unspecified atom stereocenters. The molecule has 1 aliphatic rings. The van der Waals surface area contributed by atoms with Crippen molar-refractivity contribution in [1.82, 2.24) is 9.80 Å². The second-order valence-corrected chi connectivity index (χ2v) is 4.72. The summed E-state index contributed by atoms with van der Waals surface area (Å²) in [6.45, 7) is 4.40. The van der Waals surface area contributed by atoms with Gasteiger partial charge in [0.1, 0.15) is 5.38 Å². The molecule has 1 fully saturated rings. The molecule has 0 radical (unpaired) electrons. The van der Waals surface area contributed by atoms with Crippen LogP contribution in [0.5, 0.6) is 0 Å². The van der Waals surface area contributed by atoms with Crippen LogP contribution in [0.15, 0.2) is 0 Å². The van der Waals surface area contributed by atoms with Crippen molar-refractivity contribution in [3.63, 3.8) is 0 Å². The quantitative estimate of drug-likeness (QED) is 0.686. The molecule has 1 rings (SSSR count). The van der Waals surface area contributed by atoms with Crippen molar-refractivity contribution in [3.8, 4) is 0 Å². The SMILES string of the molecule is COCCC(=O)N1CCN(C(=O)C(C)Cl)CC1. The zero-order valence-electron chi connectivity index (χ0n) is 10.3. The maximum Gasteiger partial charge on any atom is 0.240 e. The van der Waals surface area contributed by atoms with Crippen LogP contribution in [0.1, 0.15) is 13.3 Å². The van der Waals surface area contributed by atoms with Gasteiger partial charge in [-0.25, -0.2) is 0 Å². The lowest BCUT2D eigenvalue weighted by molar-refractivity contribution is -0.139. The van der Waals surface area contributed by atoms with E-state index in [4.69, 9.17) is 16.3 Å². The molecule has 2 amide bonds. The molecule has 1 atom stereocenters. The highest BCUT2D eigenvalue weighted by molar-refractivity contribution is 6.30. The average Bonchev–Trinajstić information content (AvgIpc) is 2.35. The largest absolute Gasteiger partial charge is 0.384 e. The maximum atomic E-state index is 11.7. The summed E-state index contributed by atoms with van der Waals surface area (Å²) in [6.07, 6.45) is 0.399. The van der Waals surface area contributed by atoms with Crippen molar-refractivity contribution in [2.24, 2.45) is 0 Å². The summed E-state index contributed by atoms with van der Waals surface area (Å²) in [4.78, 5) is 26.8. The van der Waals surface area contributed by atoms with E-state index < -0.39 is 5.38 Å². The molecule has 1 aliphatic heterocycles. The minimum absolute atomic E-state index is 0.0596. The molecule has 0 spiro atoms. The van der Waals surface area contributed by atoms with Gasteiger partial charge in [-0.2, -0.15) is 0 Å². The van der Waals surface area contributed by atoms with Crippen molar-refractivity contribution >= 4 is 23.4 Å². The van der Waals surface area contributed by atoms with Gasteiger partial charge >= 0.3 is 0 Å². The predicted molar refractivity (Wildman–Crippen MR) is 65.0 cm³/mol. The normalized spacial score (nSPS) is 18.1. The van der Waals surface area contributed by atoms with E-state index in [1.165, 1.54) is 0 Å². The summed E-state index contributed by atoms with van der Waals surface area (Å²) in [5.41, 5.74) is 0. The van der Waals surface area contributed by atoms with E-state index in [2.05, 4.69) is 0 Å². The molecule has 6 heteroatoms. The van der Waals surface area contributed by atoms with Crippen LogP contribution in [-0.4, -0.2) is 66.9 Å². The molecule has 17 heavy (non-hydrogen) atoms. The van der Waals surface area contributed by atoms with E-state index in [9.17, 15) is 9.59 Å². The first-order valence-electron chi connectivity index (χ1n) is 5.76. The first-order chi connectivity index (χ1) is 8.06. The summed E-state index contributed by atoms with van der Waals surface area (Å²) >= 11 is 5.74. The lowest BCUT2D eigenvalue weighted by Crippen LogP contribution is -2.52. The Morgan fingerprint density at radius 3 is 2.24 bits per heavy atom. The topological polar surface area (TPSA) is 49.9 Å². The highest BCUT2D eigenvalue weighted by Crippen LogP contribution is 2.08. The van der Waals surface area contributed by atoms with Gasteiger partial charge in [0.15, 0.2) is 0 Å². The Labute approximate surface area is 107 Å². The van der Waals surface area contributed by atoms with Gasteiger partial charge in [-0.05, 0) is 6.92 Å². The molecule has 0 saturated carbocycles. The minimum atomic E-state index is -0.495. The summed E-state index contributed by atoms with van der Waals surface area (Å²) in [7, 11) is 1.58. The van der Waals surface area contributed by atoms with E-state index in [-0.39, 0.29) is 11.8 Å². The molecule has 0 bridgehead atoms. The summed E-state index contributed by atoms with van der Waals surface area (Å²) in [6, 6.07) is 0. The van der Waals surface area contributed by atoms with Gasteiger partial charge in [-0.1, -0.05) is 0 Å². The second kappa shape index (κ2) is 6.81. The van der Waals surface area contributed by atoms with Gasteiger partial charge in [0.25, 0.3) is 0 Å². The Hall–Kier alpha value is -0.810. The van der Waals surface area contributed by atoms with Gasteiger partial charge < -0.3 is 14.5 Å². The van der Waals surface area contributed by atoms with Gasteiger partial charge in [0.05, 0.1) is 13.0 Å². The third-order valence-corrected chi connectivity index (χ3v) is 2.99. The zero-order valence-corrected chi connectivity index (χ0v) is 11.1. The number of hydrogen-bond donors (Lipinski definition) is 0. The van der Waals surface area contributed by atoms with Crippen LogP contribution >= 0.6 is 11.6 Å². The average molecular weight is 263 g/mol. The van der Waals surface area contributed by atoms with Crippen molar-refractivity contribution < 1.29 is 14.3 Å². The molecule has 0 aromatic rings. The third kappa shape index (κ3) is 4.16. The Morgan fingerprint density at radius 1 is 1.24 bits per heavy atom. The molecule has 0 N–H and O–H groups in total. The van der Waals surface area contributed by atoms with E-state index in [1.807, 2.05) is 0 Å². The summed E-state index contributed by atoms with van der Waals surface area (Å²) in [5, 5.41) is -0.495. The molecule has 1 saturated heterocycles. The minimum Gasteiger partial charge on any atom is -0.384 e. The lowest BCUT2D eigenvalue weighted by Gasteiger charge is -2.35. The van der Waals surface area contributed by atoms with E-state index in [0.717, 1.165) is 0 Å². The lowest BCUT2D eigenvalue weighted by atomic mass is 10.2.